The summed E-state index contributed by atoms with van der Waals surface area (Å²) in [6.07, 6.45) is 4.71. The number of carbonyl (C=O) groups excluding carboxylic acids is 2. The van der Waals surface area contributed by atoms with E-state index in [0.29, 0.717) is 11.3 Å². The van der Waals surface area contributed by atoms with Crippen LogP contribution in [0.25, 0.3) is 0 Å². The Labute approximate surface area is 106 Å². The first-order chi connectivity index (χ1) is 8.39. The molecule has 18 heavy (non-hydrogen) atoms. The van der Waals surface area contributed by atoms with Gasteiger partial charge in [0.15, 0.2) is 5.78 Å². The van der Waals surface area contributed by atoms with E-state index in [0.717, 1.165) is 12.8 Å². The van der Waals surface area contributed by atoms with Crippen molar-refractivity contribution in [1.82, 2.24) is 10.2 Å². The second kappa shape index (κ2) is 4.48. The Kier molecular flexibility index (Phi) is 3.15. The minimum absolute atomic E-state index is 0.0501. The van der Waals surface area contributed by atoms with E-state index < -0.39 is 5.41 Å². The third-order valence-electron chi connectivity index (χ3n) is 2.87. The van der Waals surface area contributed by atoms with Crippen molar-refractivity contribution in [2.45, 2.75) is 33.6 Å². The molecule has 5 heteroatoms. The molecular formula is C13H17N3O2. The largest absolute Gasteiger partial charge is 0.324 e. The highest BCUT2D eigenvalue weighted by molar-refractivity contribution is 6.07. The van der Waals surface area contributed by atoms with Gasteiger partial charge in [0.05, 0.1) is 23.6 Å². The van der Waals surface area contributed by atoms with Gasteiger partial charge in [-0.25, -0.2) is 0 Å². The molecule has 0 unspecified atom stereocenters. The Hall–Kier alpha value is -1.78. The molecule has 1 aliphatic rings. The van der Waals surface area contributed by atoms with Crippen LogP contribution in [-0.2, 0) is 4.79 Å². The van der Waals surface area contributed by atoms with Gasteiger partial charge < -0.3 is 5.32 Å². The van der Waals surface area contributed by atoms with Crippen LogP contribution in [0.5, 0.6) is 0 Å². The number of hydrogen-bond acceptors (Lipinski definition) is 4. The first-order valence-corrected chi connectivity index (χ1v) is 6.06. The van der Waals surface area contributed by atoms with Gasteiger partial charge in [-0.3, -0.25) is 9.59 Å². The summed E-state index contributed by atoms with van der Waals surface area (Å²) in [5.41, 5.74) is 0.412. The summed E-state index contributed by atoms with van der Waals surface area (Å²) < 4.78 is 0. The maximum absolute atomic E-state index is 12.0. The van der Waals surface area contributed by atoms with Gasteiger partial charge in [-0.15, -0.1) is 0 Å². The highest BCUT2D eigenvalue weighted by Crippen LogP contribution is 2.34. The number of nitrogens with zero attached hydrogens (tertiary/aromatic N) is 2. The Morgan fingerprint density at radius 1 is 1.22 bits per heavy atom. The van der Waals surface area contributed by atoms with Gasteiger partial charge in [0.1, 0.15) is 0 Å². The van der Waals surface area contributed by atoms with Crippen molar-refractivity contribution in [1.29, 1.82) is 0 Å². The molecule has 1 amide bonds. The molecule has 1 aliphatic carbocycles. The molecule has 0 radical (unpaired) electrons. The highest BCUT2D eigenvalue weighted by Gasteiger charge is 2.32. The average molecular weight is 247 g/mol. The molecule has 1 aromatic heterocycles. The SMILES string of the molecule is CC(C)(C)C(=O)Nc1cnncc1C(=O)C1CC1. The molecule has 0 saturated heterocycles. The van der Waals surface area contributed by atoms with Gasteiger partial charge >= 0.3 is 0 Å². The molecular weight excluding hydrogens is 230 g/mol. The lowest BCUT2D eigenvalue weighted by atomic mass is 9.95. The Morgan fingerprint density at radius 2 is 1.83 bits per heavy atom. The molecule has 1 N–H and O–H groups in total. The van der Waals surface area contributed by atoms with Gasteiger partial charge in [0.2, 0.25) is 5.91 Å². The van der Waals surface area contributed by atoms with E-state index in [4.69, 9.17) is 0 Å². The summed E-state index contributed by atoms with van der Waals surface area (Å²) in [7, 11) is 0. The number of hydrogen-bond donors (Lipinski definition) is 1. The Balaban J connectivity index is 2.22. The van der Waals surface area contributed by atoms with E-state index in [-0.39, 0.29) is 17.6 Å². The maximum Gasteiger partial charge on any atom is 0.229 e. The summed E-state index contributed by atoms with van der Waals surface area (Å²) >= 11 is 0. The molecule has 1 heterocycles. The number of carbonyl (C=O) groups is 2. The van der Waals surface area contributed by atoms with Crippen LogP contribution in [0.1, 0.15) is 44.0 Å². The van der Waals surface area contributed by atoms with Crippen LogP contribution in [0.4, 0.5) is 5.69 Å². The second-order valence-electron chi connectivity index (χ2n) is 5.66. The van der Waals surface area contributed by atoms with Gasteiger partial charge in [0, 0.05) is 11.3 Å². The van der Waals surface area contributed by atoms with E-state index in [1.165, 1.54) is 12.4 Å². The van der Waals surface area contributed by atoms with Crippen LogP contribution in [0.15, 0.2) is 12.4 Å². The minimum atomic E-state index is -0.511. The van der Waals surface area contributed by atoms with E-state index >= 15 is 0 Å². The monoisotopic (exact) mass is 247 g/mol. The highest BCUT2D eigenvalue weighted by atomic mass is 16.2. The zero-order valence-electron chi connectivity index (χ0n) is 10.9. The number of rotatable bonds is 3. The average Bonchev–Trinajstić information content (AvgIpc) is 3.11. The van der Waals surface area contributed by atoms with Gasteiger partial charge in [0.25, 0.3) is 0 Å². The summed E-state index contributed by atoms with van der Waals surface area (Å²) in [5.74, 6) is 0.00828. The van der Waals surface area contributed by atoms with Crippen molar-refractivity contribution < 1.29 is 9.59 Å². The third-order valence-corrected chi connectivity index (χ3v) is 2.87. The van der Waals surface area contributed by atoms with Crippen molar-refractivity contribution in [2.24, 2.45) is 11.3 Å². The normalized spacial score (nSPS) is 15.3. The van der Waals surface area contributed by atoms with Crippen LogP contribution >= 0.6 is 0 Å². The van der Waals surface area contributed by atoms with Gasteiger partial charge in [-0.2, -0.15) is 10.2 Å². The molecule has 1 fully saturated rings. The van der Waals surface area contributed by atoms with Crippen LogP contribution in [0, 0.1) is 11.3 Å². The number of nitrogens with one attached hydrogen (secondary N) is 1. The predicted octanol–water partition coefficient (Wildman–Crippen LogP) is 2.05. The molecule has 96 valence electrons. The standard InChI is InChI=1S/C13H17N3O2/c1-13(2,3)12(18)16-10-7-15-14-6-9(10)11(17)8-4-5-8/h6-8H,4-5H2,1-3H3,(H,14,16,18). The minimum Gasteiger partial charge on any atom is -0.324 e. The Bertz CT molecular complexity index is 487. The summed E-state index contributed by atoms with van der Waals surface area (Å²) in [6, 6.07) is 0. The van der Waals surface area contributed by atoms with Crippen molar-refractivity contribution in [3.05, 3.63) is 18.0 Å². The zero-order valence-corrected chi connectivity index (χ0v) is 10.9. The number of amides is 1. The zero-order chi connectivity index (χ0) is 13.3. The van der Waals surface area contributed by atoms with Crippen LogP contribution in [0.2, 0.25) is 0 Å². The molecule has 2 rings (SSSR count). The fourth-order valence-corrected chi connectivity index (χ4v) is 1.49. The van der Waals surface area contributed by atoms with Crippen molar-refractivity contribution in [2.75, 3.05) is 5.32 Å². The molecule has 0 aromatic carbocycles. The van der Waals surface area contributed by atoms with Gasteiger partial charge in [-0.05, 0) is 12.8 Å². The van der Waals surface area contributed by atoms with E-state index in [2.05, 4.69) is 15.5 Å². The number of ketones is 1. The smallest absolute Gasteiger partial charge is 0.229 e. The van der Waals surface area contributed by atoms with Crippen LogP contribution in [-0.4, -0.2) is 21.9 Å². The number of anilines is 1. The first kappa shape index (κ1) is 12.7. The fraction of sp³-hybridized carbons (Fsp3) is 0.538. The molecule has 5 nitrogen and oxygen atoms in total. The topological polar surface area (TPSA) is 72.0 Å². The lowest BCUT2D eigenvalue weighted by Gasteiger charge is -2.18. The number of Topliss-reactive ketones (excluding diaryl/α,β-unsaturated/α-hetero) is 1. The summed E-state index contributed by atoms with van der Waals surface area (Å²) in [6.45, 7) is 5.46. The van der Waals surface area contributed by atoms with E-state index in [9.17, 15) is 9.59 Å². The van der Waals surface area contributed by atoms with Crippen LogP contribution in [0.3, 0.4) is 0 Å². The number of aromatic nitrogens is 2. The van der Waals surface area contributed by atoms with E-state index in [1.807, 2.05) is 20.8 Å². The Morgan fingerprint density at radius 3 is 2.39 bits per heavy atom. The molecule has 1 aromatic rings. The lowest BCUT2D eigenvalue weighted by Crippen LogP contribution is -2.28. The van der Waals surface area contributed by atoms with Crippen molar-refractivity contribution >= 4 is 17.4 Å². The van der Waals surface area contributed by atoms with Gasteiger partial charge in [-0.1, -0.05) is 20.8 Å². The molecule has 0 bridgehead atoms. The van der Waals surface area contributed by atoms with E-state index in [1.54, 1.807) is 0 Å². The second-order valence-corrected chi connectivity index (χ2v) is 5.66. The molecule has 1 saturated carbocycles. The molecule has 0 aliphatic heterocycles. The lowest BCUT2D eigenvalue weighted by molar-refractivity contribution is -0.123. The van der Waals surface area contributed by atoms with Crippen molar-refractivity contribution in [3.63, 3.8) is 0 Å². The third kappa shape index (κ3) is 2.72. The molecule has 0 spiro atoms. The summed E-state index contributed by atoms with van der Waals surface area (Å²) in [4.78, 5) is 24.0. The maximum atomic E-state index is 12.0. The predicted molar refractivity (Wildman–Crippen MR) is 67.2 cm³/mol. The summed E-state index contributed by atoms with van der Waals surface area (Å²) in [5, 5.41) is 10.2. The van der Waals surface area contributed by atoms with Crippen LogP contribution < -0.4 is 5.32 Å². The first-order valence-electron chi connectivity index (χ1n) is 6.06. The fourth-order valence-electron chi connectivity index (χ4n) is 1.49. The quantitative estimate of drug-likeness (QED) is 0.830. The molecule has 0 atom stereocenters. The van der Waals surface area contributed by atoms with Crippen molar-refractivity contribution in [3.8, 4) is 0 Å².